The summed E-state index contributed by atoms with van der Waals surface area (Å²) in [5.74, 6) is -1.20. The van der Waals surface area contributed by atoms with E-state index in [1.807, 2.05) is 0 Å². The van der Waals surface area contributed by atoms with Crippen molar-refractivity contribution in [2.24, 2.45) is 0 Å². The average Bonchev–Trinajstić information content (AvgIpc) is 2.40. The Hall–Kier alpha value is -1.63. The highest BCUT2D eigenvalue weighted by Crippen LogP contribution is 2.10. The molecule has 1 aliphatic rings. The van der Waals surface area contributed by atoms with Gasteiger partial charge in [-0.15, -0.1) is 0 Å². The molecule has 114 valence electrons. The van der Waals surface area contributed by atoms with E-state index in [2.05, 4.69) is 0 Å². The summed E-state index contributed by atoms with van der Waals surface area (Å²) in [5, 5.41) is 0. The van der Waals surface area contributed by atoms with Crippen LogP contribution < -0.4 is 0 Å². The van der Waals surface area contributed by atoms with Crippen LogP contribution in [-0.4, -0.2) is 73.1 Å². The second-order valence-corrected chi connectivity index (χ2v) is 4.45. The maximum absolute atomic E-state index is 11.9. The van der Waals surface area contributed by atoms with Crippen LogP contribution in [0.5, 0.6) is 0 Å². The van der Waals surface area contributed by atoms with Crippen LogP contribution in [0.15, 0.2) is 0 Å². The molecule has 0 aliphatic carbocycles. The van der Waals surface area contributed by atoms with Gasteiger partial charge in [0.2, 0.25) is 11.9 Å². The molecule has 0 aromatic rings. The minimum Gasteiger partial charge on any atom is -0.464 e. The Morgan fingerprint density at radius 3 is 1.75 bits per heavy atom. The Morgan fingerprint density at radius 2 is 1.40 bits per heavy atom. The van der Waals surface area contributed by atoms with Gasteiger partial charge >= 0.3 is 11.9 Å². The summed E-state index contributed by atoms with van der Waals surface area (Å²) >= 11 is 0. The van der Waals surface area contributed by atoms with Crippen LogP contribution in [0.2, 0.25) is 0 Å². The van der Waals surface area contributed by atoms with Crippen LogP contribution in [-0.2, 0) is 23.9 Å². The fourth-order valence-corrected chi connectivity index (χ4v) is 2.13. The number of ether oxygens (including phenoxy) is 2. The summed E-state index contributed by atoms with van der Waals surface area (Å²) in [5.41, 5.74) is 0. The molecule has 0 bridgehead atoms. The second kappa shape index (κ2) is 7.84. The first-order chi connectivity index (χ1) is 9.51. The summed E-state index contributed by atoms with van der Waals surface area (Å²) in [6, 6.07) is -1.04. The number of esters is 2. The van der Waals surface area contributed by atoms with Gasteiger partial charge in [-0.2, -0.15) is 0 Å². The summed E-state index contributed by atoms with van der Waals surface area (Å²) in [4.78, 5) is 38.5. The van der Waals surface area contributed by atoms with Crippen molar-refractivity contribution in [3.8, 4) is 0 Å². The molecule has 0 saturated carbocycles. The molecule has 1 aliphatic heterocycles. The third kappa shape index (κ3) is 4.19. The molecule has 0 N–H and O–H groups in total. The average molecular weight is 286 g/mol. The molecule has 1 amide bonds. The molecule has 7 heteroatoms. The molecule has 0 aromatic carbocycles. The lowest BCUT2D eigenvalue weighted by atomic mass is 10.2. The monoisotopic (exact) mass is 286 g/mol. The lowest BCUT2D eigenvalue weighted by Gasteiger charge is -2.36. The molecular weight excluding hydrogens is 264 g/mol. The Bertz CT molecular complexity index is 346. The van der Waals surface area contributed by atoms with Crippen LogP contribution in [0, 0.1) is 0 Å². The van der Waals surface area contributed by atoms with Crippen molar-refractivity contribution >= 4 is 17.8 Å². The summed E-state index contributed by atoms with van der Waals surface area (Å²) in [7, 11) is 0. The zero-order chi connectivity index (χ0) is 15.1. The molecule has 1 rings (SSSR count). The van der Waals surface area contributed by atoms with Crippen LogP contribution in [0.25, 0.3) is 0 Å². The van der Waals surface area contributed by atoms with Crippen molar-refractivity contribution in [2.75, 3.05) is 39.4 Å². The van der Waals surface area contributed by atoms with Crippen molar-refractivity contribution < 1.29 is 23.9 Å². The molecule has 0 spiro atoms. The van der Waals surface area contributed by atoms with E-state index in [-0.39, 0.29) is 19.1 Å². The third-order valence-corrected chi connectivity index (χ3v) is 3.14. The van der Waals surface area contributed by atoms with E-state index in [0.29, 0.717) is 26.2 Å². The Morgan fingerprint density at radius 1 is 0.950 bits per heavy atom. The zero-order valence-electron chi connectivity index (χ0n) is 12.3. The van der Waals surface area contributed by atoms with Gasteiger partial charge in [0, 0.05) is 33.1 Å². The van der Waals surface area contributed by atoms with Crippen LogP contribution in [0.3, 0.4) is 0 Å². The fraction of sp³-hybridized carbons (Fsp3) is 0.769. The standard InChI is InChI=1S/C13H22N2O5/c1-4-19-12(17)11(13(18)20-5-2)15-8-6-14(7-9-15)10(3)16/h11H,4-9H2,1-3H3. The van der Waals surface area contributed by atoms with E-state index < -0.39 is 18.0 Å². The summed E-state index contributed by atoms with van der Waals surface area (Å²) < 4.78 is 9.87. The van der Waals surface area contributed by atoms with E-state index in [1.54, 1.807) is 23.6 Å². The van der Waals surface area contributed by atoms with Crippen molar-refractivity contribution in [1.29, 1.82) is 0 Å². The third-order valence-electron chi connectivity index (χ3n) is 3.14. The van der Waals surface area contributed by atoms with Gasteiger partial charge in [-0.25, -0.2) is 9.59 Å². The quantitative estimate of drug-likeness (QED) is 0.508. The Labute approximate surface area is 118 Å². The number of nitrogens with zero attached hydrogens (tertiary/aromatic N) is 2. The highest BCUT2D eigenvalue weighted by atomic mass is 16.6. The zero-order valence-corrected chi connectivity index (χ0v) is 12.3. The van der Waals surface area contributed by atoms with E-state index in [0.717, 1.165) is 0 Å². The van der Waals surface area contributed by atoms with E-state index >= 15 is 0 Å². The molecule has 0 aromatic heterocycles. The predicted molar refractivity (Wildman–Crippen MR) is 70.9 cm³/mol. The van der Waals surface area contributed by atoms with Gasteiger partial charge in [-0.1, -0.05) is 0 Å². The SMILES string of the molecule is CCOC(=O)C(C(=O)OCC)N1CCN(C(C)=O)CC1. The maximum Gasteiger partial charge on any atom is 0.335 e. The van der Waals surface area contributed by atoms with Crippen LogP contribution >= 0.6 is 0 Å². The van der Waals surface area contributed by atoms with E-state index in [4.69, 9.17) is 9.47 Å². The molecule has 1 heterocycles. The number of piperazine rings is 1. The maximum atomic E-state index is 11.9. The first kappa shape index (κ1) is 16.4. The van der Waals surface area contributed by atoms with Crippen molar-refractivity contribution in [3.63, 3.8) is 0 Å². The molecule has 20 heavy (non-hydrogen) atoms. The molecule has 7 nitrogen and oxygen atoms in total. The first-order valence-corrected chi connectivity index (χ1v) is 6.84. The van der Waals surface area contributed by atoms with Crippen molar-refractivity contribution in [2.45, 2.75) is 26.8 Å². The van der Waals surface area contributed by atoms with Gasteiger partial charge in [-0.3, -0.25) is 9.69 Å². The van der Waals surface area contributed by atoms with Crippen LogP contribution in [0.4, 0.5) is 0 Å². The highest BCUT2D eigenvalue weighted by Gasteiger charge is 2.37. The largest absolute Gasteiger partial charge is 0.464 e. The molecule has 0 radical (unpaired) electrons. The number of carbonyl (C=O) groups is 3. The number of rotatable bonds is 5. The minimum atomic E-state index is -1.04. The van der Waals surface area contributed by atoms with Gasteiger partial charge in [-0.05, 0) is 13.8 Å². The van der Waals surface area contributed by atoms with Gasteiger partial charge in [0.1, 0.15) is 0 Å². The predicted octanol–water partition coefficient (Wildman–Crippen LogP) is -0.355. The first-order valence-electron chi connectivity index (χ1n) is 6.84. The summed E-state index contributed by atoms with van der Waals surface area (Å²) in [6.45, 7) is 7.18. The number of amides is 1. The molecule has 1 fully saturated rings. The minimum absolute atomic E-state index is 0.00605. The smallest absolute Gasteiger partial charge is 0.335 e. The number of carbonyl (C=O) groups excluding carboxylic acids is 3. The summed E-state index contributed by atoms with van der Waals surface area (Å²) in [6.07, 6.45) is 0. The van der Waals surface area contributed by atoms with E-state index in [1.165, 1.54) is 6.92 Å². The number of hydrogen-bond donors (Lipinski definition) is 0. The fourth-order valence-electron chi connectivity index (χ4n) is 2.13. The molecule has 0 atom stereocenters. The Balaban J connectivity index is 2.71. The van der Waals surface area contributed by atoms with Gasteiger partial charge in [0.05, 0.1) is 13.2 Å². The van der Waals surface area contributed by atoms with E-state index in [9.17, 15) is 14.4 Å². The molecule has 0 unspecified atom stereocenters. The number of hydrogen-bond acceptors (Lipinski definition) is 6. The molecule has 1 saturated heterocycles. The van der Waals surface area contributed by atoms with Gasteiger partial charge in [0.25, 0.3) is 0 Å². The Kier molecular flexibility index (Phi) is 6.44. The second-order valence-electron chi connectivity index (χ2n) is 4.45. The van der Waals surface area contributed by atoms with Gasteiger partial charge < -0.3 is 14.4 Å². The van der Waals surface area contributed by atoms with Crippen molar-refractivity contribution in [3.05, 3.63) is 0 Å². The van der Waals surface area contributed by atoms with Crippen LogP contribution in [0.1, 0.15) is 20.8 Å². The van der Waals surface area contributed by atoms with Crippen molar-refractivity contribution in [1.82, 2.24) is 9.80 Å². The lowest BCUT2D eigenvalue weighted by Crippen LogP contribution is -2.56. The lowest BCUT2D eigenvalue weighted by molar-refractivity contribution is -0.164. The normalized spacial score (nSPS) is 16.1. The van der Waals surface area contributed by atoms with Gasteiger partial charge in [0.15, 0.2) is 0 Å². The topological polar surface area (TPSA) is 76.2 Å². The highest BCUT2D eigenvalue weighted by molar-refractivity contribution is 5.99. The molecular formula is C13H22N2O5.